The molecular weight excluding hydrogens is 599 g/mol. The minimum atomic E-state index is -0.267. The summed E-state index contributed by atoms with van der Waals surface area (Å²) >= 11 is 0. The van der Waals surface area contributed by atoms with Crippen molar-refractivity contribution in [3.05, 3.63) is 82.7 Å². The highest BCUT2D eigenvalue weighted by Crippen LogP contribution is 2.41. The highest BCUT2D eigenvalue weighted by molar-refractivity contribution is 5.79. The zero-order chi connectivity index (χ0) is 33.3. The van der Waals surface area contributed by atoms with Crippen LogP contribution in [-0.2, 0) is 17.6 Å². The van der Waals surface area contributed by atoms with Crippen molar-refractivity contribution < 1.29 is 33.2 Å². The van der Waals surface area contributed by atoms with Gasteiger partial charge in [-0.1, -0.05) is 18.2 Å². The Morgan fingerprint density at radius 1 is 0.830 bits per heavy atom. The maximum atomic E-state index is 14.2. The Labute approximate surface area is 278 Å². The minimum Gasteiger partial charge on any atom is -0.490 e. The summed E-state index contributed by atoms with van der Waals surface area (Å²) in [6.07, 6.45) is 2.10. The predicted molar refractivity (Wildman–Crippen MR) is 180 cm³/mol. The number of hydrogen-bond donors (Lipinski definition) is 1. The number of carbonyl (C=O) groups excluding carboxylic acids is 1. The Kier molecular flexibility index (Phi) is 12.0. The highest BCUT2D eigenvalue weighted by Gasteiger charge is 2.36. The van der Waals surface area contributed by atoms with Crippen molar-refractivity contribution in [1.29, 1.82) is 0 Å². The second-order valence-corrected chi connectivity index (χ2v) is 12.2. The number of benzene rings is 3. The Morgan fingerprint density at radius 2 is 1.47 bits per heavy atom. The van der Waals surface area contributed by atoms with Crippen molar-refractivity contribution in [3.8, 4) is 23.0 Å². The molecule has 47 heavy (non-hydrogen) atoms. The van der Waals surface area contributed by atoms with Crippen LogP contribution in [-0.4, -0.2) is 80.0 Å². The molecule has 1 unspecified atom stereocenters. The fraction of sp³-hybridized carbons (Fsp3) is 0.500. The van der Waals surface area contributed by atoms with Crippen LogP contribution in [0, 0.1) is 11.7 Å². The highest BCUT2D eigenvalue weighted by atomic mass is 19.1. The van der Waals surface area contributed by atoms with Gasteiger partial charge in [-0.15, -0.1) is 0 Å². The number of piperidine rings is 1. The third-order valence-electron chi connectivity index (χ3n) is 9.23. The average Bonchev–Trinajstić information content (AvgIpc) is 3.07. The van der Waals surface area contributed by atoms with Gasteiger partial charge in [0.15, 0.2) is 23.0 Å². The summed E-state index contributed by atoms with van der Waals surface area (Å²) in [5.41, 5.74) is 4.29. The average molecular weight is 649 g/mol. The Bertz CT molecular complexity index is 1480. The summed E-state index contributed by atoms with van der Waals surface area (Å²) in [4.78, 5) is 18.4. The van der Waals surface area contributed by atoms with Crippen molar-refractivity contribution in [2.75, 3.05) is 59.2 Å². The maximum absolute atomic E-state index is 14.2. The van der Waals surface area contributed by atoms with E-state index >= 15 is 0 Å². The van der Waals surface area contributed by atoms with Gasteiger partial charge in [-0.2, -0.15) is 0 Å². The third-order valence-corrected chi connectivity index (χ3v) is 9.23. The SMILES string of the molecule is CCOc1ccc(CC2c3cc(OCC)c(OCC)cc3CCN2C(=O)CN2CC[C@@H](c3ccc(F)cc3)[C@H](CO)C2)cc1OCC. The van der Waals surface area contributed by atoms with Crippen molar-refractivity contribution in [3.63, 3.8) is 0 Å². The van der Waals surface area contributed by atoms with Gasteiger partial charge in [0.1, 0.15) is 5.82 Å². The summed E-state index contributed by atoms with van der Waals surface area (Å²) < 4.78 is 37.3. The molecule has 3 aromatic rings. The molecule has 0 spiro atoms. The van der Waals surface area contributed by atoms with Crippen LogP contribution in [0.15, 0.2) is 54.6 Å². The molecule has 5 rings (SSSR count). The monoisotopic (exact) mass is 648 g/mol. The van der Waals surface area contributed by atoms with E-state index in [1.54, 1.807) is 0 Å². The fourth-order valence-corrected chi connectivity index (χ4v) is 7.08. The summed E-state index contributed by atoms with van der Waals surface area (Å²) in [5, 5.41) is 10.3. The molecular formula is C38H49FN2O6. The number of halogens is 1. The molecule has 0 aromatic heterocycles. The molecule has 1 saturated heterocycles. The maximum Gasteiger partial charge on any atom is 0.237 e. The van der Waals surface area contributed by atoms with E-state index in [0.29, 0.717) is 69.6 Å². The molecule has 254 valence electrons. The van der Waals surface area contributed by atoms with Crippen LogP contribution in [0.25, 0.3) is 0 Å². The van der Waals surface area contributed by atoms with Gasteiger partial charge < -0.3 is 29.0 Å². The van der Waals surface area contributed by atoms with Crippen LogP contribution in [0.2, 0.25) is 0 Å². The Hall–Kier alpha value is -3.82. The molecule has 1 fully saturated rings. The number of carbonyl (C=O) groups is 1. The van der Waals surface area contributed by atoms with Crippen molar-refractivity contribution >= 4 is 5.91 Å². The third kappa shape index (κ3) is 8.19. The first-order valence-electron chi connectivity index (χ1n) is 17.1. The van der Waals surface area contributed by atoms with Gasteiger partial charge in [-0.25, -0.2) is 4.39 Å². The summed E-state index contributed by atoms with van der Waals surface area (Å²) in [5.74, 6) is 2.69. The number of aliphatic hydroxyl groups is 1. The minimum absolute atomic E-state index is 0.00865. The Balaban J connectivity index is 1.42. The number of hydrogen-bond acceptors (Lipinski definition) is 7. The molecule has 2 heterocycles. The van der Waals surface area contributed by atoms with Crippen LogP contribution in [0.1, 0.15) is 68.3 Å². The van der Waals surface area contributed by atoms with Crippen LogP contribution < -0.4 is 18.9 Å². The van der Waals surface area contributed by atoms with E-state index in [1.165, 1.54) is 12.1 Å². The van der Waals surface area contributed by atoms with Gasteiger partial charge >= 0.3 is 0 Å². The van der Waals surface area contributed by atoms with Gasteiger partial charge in [0.05, 0.1) is 39.0 Å². The summed E-state index contributed by atoms with van der Waals surface area (Å²) in [6.45, 7) is 12.1. The second-order valence-electron chi connectivity index (χ2n) is 12.2. The van der Waals surface area contributed by atoms with E-state index in [4.69, 9.17) is 18.9 Å². The van der Waals surface area contributed by atoms with Crippen LogP contribution >= 0.6 is 0 Å². The number of amides is 1. The topological polar surface area (TPSA) is 80.7 Å². The van der Waals surface area contributed by atoms with E-state index < -0.39 is 0 Å². The lowest BCUT2D eigenvalue weighted by Crippen LogP contribution is -2.49. The van der Waals surface area contributed by atoms with Gasteiger partial charge in [-0.05, 0) is 118 Å². The largest absolute Gasteiger partial charge is 0.490 e. The Morgan fingerprint density at radius 3 is 2.13 bits per heavy atom. The van der Waals surface area contributed by atoms with Gasteiger partial charge in [0.2, 0.25) is 5.91 Å². The van der Waals surface area contributed by atoms with Crippen LogP contribution in [0.4, 0.5) is 4.39 Å². The first-order chi connectivity index (χ1) is 22.9. The molecule has 2 aliphatic rings. The molecule has 0 radical (unpaired) electrons. The van der Waals surface area contributed by atoms with Crippen LogP contribution in [0.3, 0.4) is 0 Å². The van der Waals surface area contributed by atoms with Gasteiger partial charge in [-0.3, -0.25) is 9.69 Å². The van der Waals surface area contributed by atoms with Crippen molar-refractivity contribution in [2.24, 2.45) is 5.92 Å². The van der Waals surface area contributed by atoms with E-state index in [1.807, 2.05) is 56.9 Å². The number of rotatable bonds is 14. The molecule has 3 atom stereocenters. The molecule has 0 bridgehead atoms. The van der Waals surface area contributed by atoms with E-state index in [9.17, 15) is 14.3 Å². The molecule has 1 N–H and O–H groups in total. The molecule has 0 saturated carbocycles. The lowest BCUT2D eigenvalue weighted by molar-refractivity contribution is -0.136. The number of ether oxygens (including phenoxy) is 4. The van der Waals surface area contributed by atoms with Gasteiger partial charge in [0.25, 0.3) is 0 Å². The molecule has 2 aliphatic heterocycles. The van der Waals surface area contributed by atoms with Crippen molar-refractivity contribution in [2.45, 2.75) is 58.9 Å². The smallest absolute Gasteiger partial charge is 0.237 e. The normalized spacial score (nSPS) is 19.6. The molecule has 3 aromatic carbocycles. The first-order valence-corrected chi connectivity index (χ1v) is 17.1. The lowest BCUT2D eigenvalue weighted by Gasteiger charge is -2.41. The number of likely N-dealkylation sites (tertiary alicyclic amines) is 1. The van der Waals surface area contributed by atoms with E-state index in [0.717, 1.165) is 41.0 Å². The number of nitrogens with zero attached hydrogens (tertiary/aromatic N) is 2. The zero-order valence-electron chi connectivity index (χ0n) is 28.2. The van der Waals surface area contributed by atoms with Crippen molar-refractivity contribution in [1.82, 2.24) is 9.80 Å². The second kappa shape index (κ2) is 16.3. The fourth-order valence-electron chi connectivity index (χ4n) is 7.08. The van der Waals surface area contributed by atoms with E-state index in [2.05, 4.69) is 23.1 Å². The molecule has 0 aliphatic carbocycles. The van der Waals surface area contributed by atoms with Gasteiger partial charge in [0, 0.05) is 25.6 Å². The predicted octanol–water partition coefficient (Wildman–Crippen LogP) is 6.19. The molecule has 9 heteroatoms. The molecule has 8 nitrogen and oxygen atoms in total. The number of fused-ring (bicyclic) bond motifs is 1. The lowest BCUT2D eigenvalue weighted by atomic mass is 9.81. The molecule has 1 amide bonds. The standard InChI is InChI=1S/C38H49FN2O6/c1-5-44-34-14-9-26(20-35(34)45-6-2)19-33-32-22-37(47-8-4)36(46-7-3)21-28(32)15-18-41(33)38(43)24-40-17-16-31(29(23-40)25-42)27-10-12-30(39)13-11-27/h9-14,20-22,29,31,33,42H,5-8,15-19,23-25H2,1-4H3/t29-,31-,33?/m0/s1. The van der Waals surface area contributed by atoms with E-state index in [-0.39, 0.29) is 42.8 Å². The first kappa shape index (κ1) is 34.5. The summed E-state index contributed by atoms with van der Waals surface area (Å²) in [6, 6.07) is 16.5. The van der Waals surface area contributed by atoms with Crippen LogP contribution in [0.5, 0.6) is 23.0 Å². The number of aliphatic hydroxyl groups excluding tert-OH is 1. The quantitative estimate of drug-likeness (QED) is 0.224. The summed E-state index contributed by atoms with van der Waals surface area (Å²) in [7, 11) is 0. The zero-order valence-corrected chi connectivity index (χ0v) is 28.2.